The van der Waals surface area contributed by atoms with Gasteiger partial charge in [-0.2, -0.15) is 0 Å². The molecule has 0 spiro atoms. The SMILES string of the molecule is CCCC(N)C(=O)Nc1ccc(OCc2cccc(C)c2)cc1C.Cl. The van der Waals surface area contributed by atoms with Crippen LogP contribution in [0.3, 0.4) is 0 Å². The van der Waals surface area contributed by atoms with E-state index in [1.165, 1.54) is 5.56 Å². The van der Waals surface area contributed by atoms with Gasteiger partial charge in [0.25, 0.3) is 0 Å². The summed E-state index contributed by atoms with van der Waals surface area (Å²) in [6.45, 7) is 6.54. The molecule has 2 aromatic rings. The summed E-state index contributed by atoms with van der Waals surface area (Å²) in [7, 11) is 0. The molecule has 0 heterocycles. The Labute approximate surface area is 156 Å². The number of rotatable bonds is 7. The Hall–Kier alpha value is -2.04. The molecule has 0 aromatic heterocycles. The Balaban J connectivity index is 0.00000312. The summed E-state index contributed by atoms with van der Waals surface area (Å²) in [6, 6.07) is 13.4. The molecule has 0 aliphatic heterocycles. The van der Waals surface area contributed by atoms with Crippen LogP contribution in [0, 0.1) is 13.8 Å². The number of hydrogen-bond acceptors (Lipinski definition) is 3. The summed E-state index contributed by atoms with van der Waals surface area (Å²) < 4.78 is 5.84. The molecule has 0 bridgehead atoms. The van der Waals surface area contributed by atoms with E-state index in [2.05, 4.69) is 24.4 Å². The third-order valence-electron chi connectivity index (χ3n) is 3.88. The highest BCUT2D eigenvalue weighted by Crippen LogP contribution is 2.22. The van der Waals surface area contributed by atoms with Crippen LogP contribution in [0.15, 0.2) is 42.5 Å². The Morgan fingerprint density at radius 1 is 1.20 bits per heavy atom. The van der Waals surface area contributed by atoms with E-state index in [-0.39, 0.29) is 18.3 Å². The first-order chi connectivity index (χ1) is 11.5. The van der Waals surface area contributed by atoms with Crippen molar-refractivity contribution in [1.29, 1.82) is 0 Å². The number of halogens is 1. The van der Waals surface area contributed by atoms with Crippen molar-refractivity contribution in [3.8, 4) is 5.75 Å². The van der Waals surface area contributed by atoms with Gasteiger partial charge in [0.1, 0.15) is 12.4 Å². The lowest BCUT2D eigenvalue weighted by molar-refractivity contribution is -0.117. The van der Waals surface area contributed by atoms with Crippen LogP contribution >= 0.6 is 12.4 Å². The van der Waals surface area contributed by atoms with Gasteiger partial charge in [0.15, 0.2) is 0 Å². The number of hydrogen-bond donors (Lipinski definition) is 2. The van der Waals surface area contributed by atoms with Gasteiger partial charge in [0.05, 0.1) is 6.04 Å². The molecule has 136 valence electrons. The Kier molecular flexibility index (Phi) is 8.46. The molecule has 25 heavy (non-hydrogen) atoms. The second kappa shape index (κ2) is 10.1. The van der Waals surface area contributed by atoms with Gasteiger partial charge >= 0.3 is 0 Å². The number of amides is 1. The first kappa shape index (κ1) is 21.0. The fraction of sp³-hybridized carbons (Fsp3) is 0.350. The van der Waals surface area contributed by atoms with E-state index in [9.17, 15) is 4.79 Å². The number of aryl methyl sites for hydroxylation is 2. The molecule has 2 aromatic carbocycles. The molecule has 5 heteroatoms. The normalized spacial score (nSPS) is 11.4. The van der Waals surface area contributed by atoms with Crippen LogP contribution < -0.4 is 15.8 Å². The van der Waals surface area contributed by atoms with Crippen molar-refractivity contribution in [3.05, 3.63) is 59.2 Å². The molecule has 1 unspecified atom stereocenters. The van der Waals surface area contributed by atoms with Gasteiger partial charge in [-0.15, -0.1) is 12.4 Å². The summed E-state index contributed by atoms with van der Waals surface area (Å²) in [6.07, 6.45) is 1.57. The van der Waals surface area contributed by atoms with Crippen LogP contribution in [0.5, 0.6) is 5.75 Å². The third kappa shape index (κ3) is 6.40. The minimum absolute atomic E-state index is 0. The number of nitrogens with two attached hydrogens (primary N) is 1. The van der Waals surface area contributed by atoms with Gasteiger partial charge < -0.3 is 15.8 Å². The monoisotopic (exact) mass is 362 g/mol. The molecule has 0 saturated carbocycles. The first-order valence-corrected chi connectivity index (χ1v) is 8.35. The van der Waals surface area contributed by atoms with E-state index in [4.69, 9.17) is 10.5 Å². The summed E-state index contributed by atoms with van der Waals surface area (Å²) in [5.74, 6) is 0.637. The van der Waals surface area contributed by atoms with Crippen molar-refractivity contribution in [2.24, 2.45) is 5.73 Å². The molecule has 0 fully saturated rings. The standard InChI is InChI=1S/C20H26N2O2.ClH/c1-4-6-18(21)20(23)22-19-10-9-17(12-15(19)3)24-13-16-8-5-7-14(2)11-16;/h5,7-12,18H,4,6,13,21H2,1-3H3,(H,22,23);1H. The van der Waals surface area contributed by atoms with E-state index >= 15 is 0 Å². The summed E-state index contributed by atoms with van der Waals surface area (Å²) in [5.41, 5.74) is 9.92. The largest absolute Gasteiger partial charge is 0.489 e. The maximum atomic E-state index is 12.0. The van der Waals surface area contributed by atoms with Crippen molar-refractivity contribution in [3.63, 3.8) is 0 Å². The molecule has 0 aliphatic carbocycles. The zero-order valence-corrected chi connectivity index (χ0v) is 15.9. The highest BCUT2D eigenvalue weighted by Gasteiger charge is 2.13. The molecule has 2 rings (SSSR count). The van der Waals surface area contributed by atoms with E-state index < -0.39 is 6.04 Å². The summed E-state index contributed by atoms with van der Waals surface area (Å²) in [5, 5.41) is 2.88. The van der Waals surface area contributed by atoms with E-state index in [1.807, 2.05) is 44.2 Å². The topological polar surface area (TPSA) is 64.4 Å². The zero-order chi connectivity index (χ0) is 17.5. The van der Waals surface area contributed by atoms with Gasteiger partial charge in [-0.3, -0.25) is 4.79 Å². The molecule has 0 radical (unpaired) electrons. The summed E-state index contributed by atoms with van der Waals surface area (Å²) >= 11 is 0. The predicted octanol–water partition coefficient (Wildman–Crippen LogP) is 4.37. The van der Waals surface area contributed by atoms with E-state index in [1.54, 1.807) is 0 Å². The van der Waals surface area contributed by atoms with Crippen molar-refractivity contribution < 1.29 is 9.53 Å². The number of nitrogens with one attached hydrogen (secondary N) is 1. The minimum atomic E-state index is -0.466. The third-order valence-corrected chi connectivity index (χ3v) is 3.88. The highest BCUT2D eigenvalue weighted by molar-refractivity contribution is 5.95. The van der Waals surface area contributed by atoms with Gasteiger partial charge in [0.2, 0.25) is 5.91 Å². The highest BCUT2D eigenvalue weighted by atomic mass is 35.5. The molecule has 3 N–H and O–H groups in total. The van der Waals surface area contributed by atoms with Crippen LogP contribution in [0.25, 0.3) is 0 Å². The van der Waals surface area contributed by atoms with E-state index in [0.29, 0.717) is 13.0 Å². The van der Waals surface area contributed by atoms with Crippen molar-refractivity contribution in [2.75, 3.05) is 5.32 Å². The maximum Gasteiger partial charge on any atom is 0.241 e. The smallest absolute Gasteiger partial charge is 0.241 e. The van der Waals surface area contributed by atoms with Crippen LogP contribution in [0.4, 0.5) is 5.69 Å². The molecule has 1 atom stereocenters. The first-order valence-electron chi connectivity index (χ1n) is 8.35. The van der Waals surface area contributed by atoms with Crippen LogP contribution in [-0.2, 0) is 11.4 Å². The van der Waals surface area contributed by atoms with Gasteiger partial charge in [-0.05, 0) is 49.6 Å². The fourth-order valence-corrected chi connectivity index (χ4v) is 2.50. The minimum Gasteiger partial charge on any atom is -0.489 e. The lowest BCUT2D eigenvalue weighted by Crippen LogP contribution is -2.35. The molecule has 4 nitrogen and oxygen atoms in total. The van der Waals surface area contributed by atoms with Crippen LogP contribution in [0.1, 0.15) is 36.5 Å². The van der Waals surface area contributed by atoms with Crippen LogP contribution in [-0.4, -0.2) is 11.9 Å². The Morgan fingerprint density at radius 3 is 2.60 bits per heavy atom. The molecular weight excluding hydrogens is 336 g/mol. The number of anilines is 1. The number of ether oxygens (including phenoxy) is 1. The molecule has 1 amide bonds. The average molecular weight is 363 g/mol. The van der Waals surface area contributed by atoms with Crippen LogP contribution in [0.2, 0.25) is 0 Å². The molecule has 0 aliphatic rings. The second-order valence-electron chi connectivity index (χ2n) is 6.14. The van der Waals surface area contributed by atoms with Gasteiger partial charge in [-0.1, -0.05) is 43.2 Å². The van der Waals surface area contributed by atoms with Crippen molar-refractivity contribution in [1.82, 2.24) is 0 Å². The summed E-state index contributed by atoms with van der Waals surface area (Å²) in [4.78, 5) is 12.0. The average Bonchev–Trinajstić information content (AvgIpc) is 2.55. The Morgan fingerprint density at radius 2 is 1.96 bits per heavy atom. The second-order valence-corrected chi connectivity index (χ2v) is 6.14. The zero-order valence-electron chi connectivity index (χ0n) is 15.0. The van der Waals surface area contributed by atoms with Crippen molar-refractivity contribution >= 4 is 24.0 Å². The molecule has 0 saturated heterocycles. The maximum absolute atomic E-state index is 12.0. The quantitative estimate of drug-likeness (QED) is 0.768. The number of carbonyl (C=O) groups is 1. The van der Waals surface area contributed by atoms with Gasteiger partial charge in [0, 0.05) is 5.69 Å². The number of carbonyl (C=O) groups excluding carboxylic acids is 1. The molecular formula is C20H27ClN2O2. The predicted molar refractivity (Wildman–Crippen MR) is 105 cm³/mol. The fourth-order valence-electron chi connectivity index (χ4n) is 2.50. The Bertz CT molecular complexity index is 704. The lowest BCUT2D eigenvalue weighted by Gasteiger charge is -2.14. The van der Waals surface area contributed by atoms with Gasteiger partial charge in [-0.25, -0.2) is 0 Å². The lowest BCUT2D eigenvalue weighted by atomic mass is 10.1. The number of benzene rings is 2. The van der Waals surface area contributed by atoms with Crippen molar-refractivity contribution in [2.45, 2.75) is 46.3 Å². The van der Waals surface area contributed by atoms with E-state index in [0.717, 1.165) is 29.0 Å².